The van der Waals surface area contributed by atoms with E-state index in [1.165, 1.54) is 5.56 Å². The van der Waals surface area contributed by atoms with Crippen LogP contribution in [0.4, 0.5) is 0 Å². The molecule has 4 heterocycles. The fourth-order valence-corrected chi connectivity index (χ4v) is 3.85. The molecule has 7 nitrogen and oxygen atoms in total. The molecule has 1 atom stereocenters. The SMILES string of the molecule is Cn1cc([C@H]2CN(C(=O)c3cc(-c4cccnc4)on3)Cc3ccccc32)cn1. The van der Waals surface area contributed by atoms with Crippen molar-refractivity contribution in [2.75, 3.05) is 6.54 Å². The Hall–Kier alpha value is -3.74. The van der Waals surface area contributed by atoms with Gasteiger partial charge in [0.1, 0.15) is 0 Å². The van der Waals surface area contributed by atoms with Gasteiger partial charge in [0.2, 0.25) is 0 Å². The minimum Gasteiger partial charge on any atom is -0.355 e. The van der Waals surface area contributed by atoms with Gasteiger partial charge in [-0.25, -0.2) is 0 Å². The number of hydrogen-bond acceptors (Lipinski definition) is 5. The fraction of sp³-hybridized carbons (Fsp3) is 0.182. The molecule has 29 heavy (non-hydrogen) atoms. The highest BCUT2D eigenvalue weighted by Crippen LogP contribution is 2.34. The molecule has 1 amide bonds. The zero-order valence-electron chi connectivity index (χ0n) is 15.9. The number of amides is 1. The number of nitrogens with zero attached hydrogens (tertiary/aromatic N) is 5. The summed E-state index contributed by atoms with van der Waals surface area (Å²) in [4.78, 5) is 19.1. The smallest absolute Gasteiger partial charge is 0.276 e. The molecule has 144 valence electrons. The van der Waals surface area contributed by atoms with Gasteiger partial charge in [-0.1, -0.05) is 29.4 Å². The molecule has 1 aliphatic heterocycles. The Balaban J connectivity index is 1.46. The van der Waals surface area contributed by atoms with Gasteiger partial charge < -0.3 is 9.42 Å². The highest BCUT2D eigenvalue weighted by atomic mass is 16.5. The normalized spacial score (nSPS) is 15.9. The van der Waals surface area contributed by atoms with Crippen molar-refractivity contribution in [3.63, 3.8) is 0 Å². The third-order valence-electron chi connectivity index (χ3n) is 5.28. The van der Waals surface area contributed by atoms with Crippen molar-refractivity contribution in [2.45, 2.75) is 12.5 Å². The molecule has 0 saturated heterocycles. The first-order valence-electron chi connectivity index (χ1n) is 9.42. The average molecular weight is 385 g/mol. The maximum Gasteiger partial charge on any atom is 0.276 e. The summed E-state index contributed by atoms with van der Waals surface area (Å²) in [6.45, 7) is 1.11. The fourth-order valence-electron chi connectivity index (χ4n) is 3.85. The molecule has 0 unspecified atom stereocenters. The summed E-state index contributed by atoms with van der Waals surface area (Å²) in [6.07, 6.45) is 7.25. The summed E-state index contributed by atoms with van der Waals surface area (Å²) in [5.74, 6) is 0.456. The number of hydrogen-bond donors (Lipinski definition) is 0. The zero-order valence-corrected chi connectivity index (χ0v) is 15.9. The van der Waals surface area contributed by atoms with Crippen LogP contribution in [0.5, 0.6) is 0 Å². The van der Waals surface area contributed by atoms with E-state index >= 15 is 0 Å². The Morgan fingerprint density at radius 3 is 2.86 bits per heavy atom. The van der Waals surface area contributed by atoms with Crippen LogP contribution in [-0.4, -0.2) is 37.3 Å². The van der Waals surface area contributed by atoms with Crippen LogP contribution in [0.25, 0.3) is 11.3 Å². The van der Waals surface area contributed by atoms with Crippen LogP contribution in [0.1, 0.15) is 33.1 Å². The largest absolute Gasteiger partial charge is 0.355 e. The van der Waals surface area contributed by atoms with Crippen LogP contribution >= 0.6 is 0 Å². The molecule has 4 aromatic rings. The molecule has 0 saturated carbocycles. The molecule has 1 aliphatic rings. The van der Waals surface area contributed by atoms with Crippen LogP contribution in [0.15, 0.2) is 71.8 Å². The van der Waals surface area contributed by atoms with Gasteiger partial charge in [0, 0.05) is 56.3 Å². The third-order valence-corrected chi connectivity index (χ3v) is 5.28. The third kappa shape index (κ3) is 3.20. The van der Waals surface area contributed by atoms with Crippen LogP contribution in [0, 0.1) is 0 Å². The lowest BCUT2D eigenvalue weighted by molar-refractivity contribution is 0.0714. The summed E-state index contributed by atoms with van der Waals surface area (Å²) in [6, 6.07) is 13.6. The van der Waals surface area contributed by atoms with E-state index in [0.717, 1.165) is 16.7 Å². The quantitative estimate of drug-likeness (QED) is 0.541. The molecule has 3 aromatic heterocycles. The first-order valence-corrected chi connectivity index (χ1v) is 9.42. The minimum absolute atomic E-state index is 0.0716. The van der Waals surface area contributed by atoms with E-state index in [1.54, 1.807) is 23.1 Å². The Kier molecular flexibility index (Phi) is 4.20. The minimum atomic E-state index is -0.146. The Bertz CT molecular complexity index is 1160. The van der Waals surface area contributed by atoms with Gasteiger partial charge in [0.05, 0.1) is 6.20 Å². The van der Waals surface area contributed by atoms with Gasteiger partial charge in [-0.3, -0.25) is 14.5 Å². The maximum absolute atomic E-state index is 13.2. The lowest BCUT2D eigenvalue weighted by Gasteiger charge is -2.34. The van der Waals surface area contributed by atoms with E-state index in [0.29, 0.717) is 24.5 Å². The number of aromatic nitrogens is 4. The van der Waals surface area contributed by atoms with Crippen LogP contribution in [-0.2, 0) is 13.6 Å². The summed E-state index contributed by atoms with van der Waals surface area (Å²) >= 11 is 0. The number of carbonyl (C=O) groups is 1. The number of benzene rings is 1. The number of rotatable bonds is 3. The van der Waals surface area contributed by atoms with Crippen molar-refractivity contribution in [1.82, 2.24) is 24.8 Å². The second-order valence-electron chi connectivity index (χ2n) is 7.20. The van der Waals surface area contributed by atoms with Crippen LogP contribution in [0.3, 0.4) is 0 Å². The van der Waals surface area contributed by atoms with Crippen molar-refractivity contribution in [3.05, 3.63) is 89.6 Å². The number of aryl methyl sites for hydroxylation is 1. The highest BCUT2D eigenvalue weighted by Gasteiger charge is 2.31. The summed E-state index contributed by atoms with van der Waals surface area (Å²) < 4.78 is 7.18. The molecule has 7 heteroatoms. The monoisotopic (exact) mass is 385 g/mol. The van der Waals surface area contributed by atoms with Gasteiger partial charge in [-0.2, -0.15) is 5.10 Å². The average Bonchev–Trinajstić information content (AvgIpc) is 3.42. The molecule has 0 bridgehead atoms. The summed E-state index contributed by atoms with van der Waals surface area (Å²) in [7, 11) is 1.90. The lowest BCUT2D eigenvalue weighted by atomic mass is 9.86. The number of pyridine rings is 1. The van der Waals surface area contributed by atoms with Crippen LogP contribution in [0.2, 0.25) is 0 Å². The van der Waals surface area contributed by atoms with E-state index in [4.69, 9.17) is 4.52 Å². The highest BCUT2D eigenvalue weighted by molar-refractivity contribution is 5.93. The predicted molar refractivity (Wildman–Crippen MR) is 106 cm³/mol. The Labute approximate surface area is 167 Å². The topological polar surface area (TPSA) is 77.0 Å². The molecule has 5 rings (SSSR count). The molecule has 0 spiro atoms. The standard InChI is InChI=1S/C22H19N5O2/c1-26-12-17(11-24-26)19-14-27(13-16-5-2-3-7-18(16)19)22(28)20-9-21(29-25-20)15-6-4-8-23-10-15/h2-12,19H,13-14H2,1H3/t19-/m1/s1. The zero-order chi connectivity index (χ0) is 19.8. The van der Waals surface area contributed by atoms with E-state index in [2.05, 4.69) is 27.4 Å². The van der Waals surface area contributed by atoms with Gasteiger partial charge in [-0.05, 0) is 28.8 Å². The van der Waals surface area contributed by atoms with E-state index < -0.39 is 0 Å². The van der Waals surface area contributed by atoms with Gasteiger partial charge >= 0.3 is 0 Å². The first kappa shape index (κ1) is 17.4. The predicted octanol–water partition coefficient (Wildman–Crippen LogP) is 3.26. The second kappa shape index (κ2) is 7.01. The summed E-state index contributed by atoms with van der Waals surface area (Å²) in [5.41, 5.74) is 4.55. The van der Waals surface area contributed by atoms with Crippen molar-refractivity contribution >= 4 is 5.91 Å². The van der Waals surface area contributed by atoms with E-state index in [1.807, 2.05) is 48.6 Å². The van der Waals surface area contributed by atoms with Crippen molar-refractivity contribution in [1.29, 1.82) is 0 Å². The Morgan fingerprint density at radius 1 is 1.17 bits per heavy atom. The molecule has 0 N–H and O–H groups in total. The van der Waals surface area contributed by atoms with Gasteiger partial charge in [0.25, 0.3) is 5.91 Å². The van der Waals surface area contributed by atoms with Crippen molar-refractivity contribution in [3.8, 4) is 11.3 Å². The molecule has 0 fully saturated rings. The van der Waals surface area contributed by atoms with Crippen molar-refractivity contribution < 1.29 is 9.32 Å². The van der Waals surface area contributed by atoms with Gasteiger partial charge in [0.15, 0.2) is 11.5 Å². The van der Waals surface area contributed by atoms with Crippen LogP contribution < -0.4 is 0 Å². The molecule has 1 aromatic carbocycles. The molecule has 0 aliphatic carbocycles. The summed E-state index contributed by atoms with van der Waals surface area (Å²) in [5, 5.41) is 8.32. The van der Waals surface area contributed by atoms with E-state index in [-0.39, 0.29) is 11.8 Å². The first-order chi connectivity index (χ1) is 14.2. The molecular weight excluding hydrogens is 366 g/mol. The Morgan fingerprint density at radius 2 is 2.07 bits per heavy atom. The van der Waals surface area contributed by atoms with E-state index in [9.17, 15) is 4.79 Å². The maximum atomic E-state index is 13.2. The number of carbonyl (C=O) groups excluding carboxylic acids is 1. The lowest BCUT2D eigenvalue weighted by Crippen LogP contribution is -2.38. The van der Waals surface area contributed by atoms with Gasteiger partial charge in [-0.15, -0.1) is 0 Å². The van der Waals surface area contributed by atoms with Crippen molar-refractivity contribution in [2.24, 2.45) is 7.05 Å². The molecule has 0 radical (unpaired) electrons. The molecular formula is C22H19N5O2. The number of fused-ring (bicyclic) bond motifs is 1. The second-order valence-corrected chi connectivity index (χ2v) is 7.20.